The number of allylic oxidation sites excluding steroid dienone is 8. The summed E-state index contributed by atoms with van der Waals surface area (Å²) < 4.78 is 16.9. The molecule has 0 saturated carbocycles. The van der Waals surface area contributed by atoms with Crippen LogP contribution in [0.25, 0.3) is 0 Å². The third-order valence-electron chi connectivity index (χ3n) is 14.3. The number of hydrogen-bond acceptors (Lipinski definition) is 6. The standard InChI is InChI=1S/C67H122O6/c1-4-7-10-13-16-19-22-25-28-31-33-36-39-42-45-48-51-54-57-60-66(69)72-63-64(62-71-65(68)59-56-53-50-47-44-41-38-35-30-27-24-21-18-15-12-9-6-3)73-67(70)61-58-55-52-49-46-43-40-37-34-32-29-26-23-20-17-14-11-8-5-2/h16,19,25,28,33,36,42,45,64H,4-15,17-18,20-24,26-27,29-32,34-35,37-41,43-44,46-63H2,1-3H3/b19-16-,28-25-,36-33-,45-42-/t64-/m1/s1. The van der Waals surface area contributed by atoms with Crippen LogP contribution in [0.2, 0.25) is 0 Å². The van der Waals surface area contributed by atoms with E-state index in [4.69, 9.17) is 14.2 Å². The molecule has 1 atom stereocenters. The van der Waals surface area contributed by atoms with E-state index >= 15 is 0 Å². The number of ether oxygens (including phenoxy) is 3. The molecular weight excluding hydrogens is 901 g/mol. The fraction of sp³-hybridized carbons (Fsp3) is 0.836. The van der Waals surface area contributed by atoms with E-state index in [1.54, 1.807) is 0 Å². The first-order valence-corrected chi connectivity index (χ1v) is 32.1. The van der Waals surface area contributed by atoms with Crippen LogP contribution in [0.1, 0.15) is 342 Å². The number of unbranched alkanes of at least 4 members (excludes halogenated alkanes) is 40. The summed E-state index contributed by atoms with van der Waals surface area (Å²) in [6.07, 6.45) is 76.8. The summed E-state index contributed by atoms with van der Waals surface area (Å²) in [5.41, 5.74) is 0. The van der Waals surface area contributed by atoms with E-state index in [0.717, 1.165) is 83.5 Å². The third-order valence-corrected chi connectivity index (χ3v) is 14.3. The summed E-state index contributed by atoms with van der Waals surface area (Å²) in [5, 5.41) is 0. The molecule has 0 aromatic heterocycles. The van der Waals surface area contributed by atoms with Gasteiger partial charge in [0.15, 0.2) is 6.10 Å². The van der Waals surface area contributed by atoms with E-state index in [-0.39, 0.29) is 31.1 Å². The van der Waals surface area contributed by atoms with Gasteiger partial charge < -0.3 is 14.2 Å². The first-order valence-electron chi connectivity index (χ1n) is 32.1. The van der Waals surface area contributed by atoms with Gasteiger partial charge in [0.1, 0.15) is 13.2 Å². The minimum absolute atomic E-state index is 0.0783. The second kappa shape index (κ2) is 61.9. The van der Waals surface area contributed by atoms with E-state index in [9.17, 15) is 14.4 Å². The highest BCUT2D eigenvalue weighted by Gasteiger charge is 2.19. The van der Waals surface area contributed by atoms with Gasteiger partial charge in [-0.05, 0) is 64.2 Å². The fourth-order valence-corrected chi connectivity index (χ4v) is 9.49. The molecule has 0 aliphatic heterocycles. The lowest BCUT2D eigenvalue weighted by Gasteiger charge is -2.18. The van der Waals surface area contributed by atoms with Crippen molar-refractivity contribution in [1.29, 1.82) is 0 Å². The molecule has 0 aromatic carbocycles. The molecule has 0 radical (unpaired) electrons. The van der Waals surface area contributed by atoms with Gasteiger partial charge in [0.05, 0.1) is 0 Å². The molecule has 0 aliphatic rings. The number of hydrogen-bond donors (Lipinski definition) is 0. The van der Waals surface area contributed by atoms with Gasteiger partial charge in [0.2, 0.25) is 0 Å². The molecule has 0 aromatic rings. The third kappa shape index (κ3) is 60.1. The van der Waals surface area contributed by atoms with Crippen LogP contribution in [0.15, 0.2) is 48.6 Å². The Morgan fingerprint density at radius 1 is 0.274 bits per heavy atom. The first-order chi connectivity index (χ1) is 36.0. The first kappa shape index (κ1) is 70.4. The average Bonchev–Trinajstić information content (AvgIpc) is 3.39. The van der Waals surface area contributed by atoms with Gasteiger partial charge in [-0.1, -0.05) is 307 Å². The molecule has 73 heavy (non-hydrogen) atoms. The van der Waals surface area contributed by atoms with Crippen molar-refractivity contribution in [3.63, 3.8) is 0 Å². The van der Waals surface area contributed by atoms with Gasteiger partial charge in [-0.15, -0.1) is 0 Å². The van der Waals surface area contributed by atoms with Crippen LogP contribution >= 0.6 is 0 Å². The molecule has 0 bridgehead atoms. The summed E-state index contributed by atoms with van der Waals surface area (Å²) in [6.45, 7) is 6.65. The van der Waals surface area contributed by atoms with Crippen molar-refractivity contribution in [3.05, 3.63) is 48.6 Å². The molecule has 6 nitrogen and oxygen atoms in total. The van der Waals surface area contributed by atoms with Crippen molar-refractivity contribution in [1.82, 2.24) is 0 Å². The van der Waals surface area contributed by atoms with E-state index in [1.807, 2.05) is 0 Å². The summed E-state index contributed by atoms with van der Waals surface area (Å²) in [4.78, 5) is 38.3. The molecule has 0 rings (SSSR count). The van der Waals surface area contributed by atoms with Gasteiger partial charge >= 0.3 is 17.9 Å². The molecule has 0 fully saturated rings. The molecule has 6 heteroatoms. The monoisotopic (exact) mass is 1020 g/mol. The van der Waals surface area contributed by atoms with Gasteiger partial charge in [-0.2, -0.15) is 0 Å². The van der Waals surface area contributed by atoms with Gasteiger partial charge in [0, 0.05) is 19.3 Å². The number of rotatable bonds is 59. The van der Waals surface area contributed by atoms with Crippen LogP contribution in [0.5, 0.6) is 0 Å². The van der Waals surface area contributed by atoms with E-state index < -0.39 is 6.10 Å². The average molecular weight is 1020 g/mol. The molecule has 0 saturated heterocycles. The van der Waals surface area contributed by atoms with Crippen molar-refractivity contribution in [2.45, 2.75) is 348 Å². The Morgan fingerprint density at radius 2 is 0.493 bits per heavy atom. The van der Waals surface area contributed by atoms with Gasteiger partial charge in [-0.3, -0.25) is 14.4 Å². The predicted molar refractivity (Wildman–Crippen MR) is 316 cm³/mol. The fourth-order valence-electron chi connectivity index (χ4n) is 9.49. The van der Waals surface area contributed by atoms with Crippen molar-refractivity contribution < 1.29 is 28.6 Å². The van der Waals surface area contributed by atoms with Crippen molar-refractivity contribution in [2.75, 3.05) is 13.2 Å². The number of carbonyl (C=O) groups is 3. The molecule has 0 amide bonds. The molecule has 0 unspecified atom stereocenters. The zero-order valence-electron chi connectivity index (χ0n) is 48.9. The Hall–Kier alpha value is -2.63. The minimum Gasteiger partial charge on any atom is -0.462 e. The summed E-state index contributed by atoms with van der Waals surface area (Å²) in [6, 6.07) is 0. The second-order valence-corrected chi connectivity index (χ2v) is 21.7. The van der Waals surface area contributed by atoms with Crippen LogP contribution in [-0.2, 0) is 28.6 Å². The second-order valence-electron chi connectivity index (χ2n) is 21.7. The van der Waals surface area contributed by atoms with Crippen LogP contribution in [0.3, 0.4) is 0 Å². The van der Waals surface area contributed by atoms with Gasteiger partial charge in [0.25, 0.3) is 0 Å². The zero-order valence-corrected chi connectivity index (χ0v) is 48.9. The zero-order chi connectivity index (χ0) is 52.9. The Kier molecular flexibility index (Phi) is 59.7. The van der Waals surface area contributed by atoms with E-state index in [2.05, 4.69) is 69.4 Å². The normalized spacial score (nSPS) is 12.3. The maximum Gasteiger partial charge on any atom is 0.306 e. The van der Waals surface area contributed by atoms with Gasteiger partial charge in [-0.25, -0.2) is 0 Å². The number of esters is 3. The Labute approximate surface area is 454 Å². The van der Waals surface area contributed by atoms with Crippen LogP contribution < -0.4 is 0 Å². The molecule has 0 aliphatic carbocycles. The largest absolute Gasteiger partial charge is 0.462 e. The maximum atomic E-state index is 12.9. The van der Waals surface area contributed by atoms with Crippen LogP contribution in [0.4, 0.5) is 0 Å². The topological polar surface area (TPSA) is 78.9 Å². The van der Waals surface area contributed by atoms with Crippen molar-refractivity contribution >= 4 is 17.9 Å². The molecule has 0 heterocycles. The lowest BCUT2D eigenvalue weighted by molar-refractivity contribution is -0.167. The SMILES string of the molecule is CCCCC/C=C\C/C=C\C/C=C\C/C=C\CCCCCC(=O)OC[C@@H](COC(=O)CCCCCCCCCCCCCCCCCCC)OC(=O)CCCCCCCCCCCCCCCCCCCCC. The lowest BCUT2D eigenvalue weighted by atomic mass is 10.0. The lowest BCUT2D eigenvalue weighted by Crippen LogP contribution is -2.30. The predicted octanol–water partition coefficient (Wildman–Crippen LogP) is 21.8. The Morgan fingerprint density at radius 3 is 0.795 bits per heavy atom. The summed E-state index contributed by atoms with van der Waals surface area (Å²) >= 11 is 0. The highest BCUT2D eigenvalue weighted by atomic mass is 16.6. The van der Waals surface area contributed by atoms with Crippen molar-refractivity contribution in [3.8, 4) is 0 Å². The molecule has 0 spiro atoms. The quantitative estimate of drug-likeness (QED) is 0.0261. The summed E-state index contributed by atoms with van der Waals surface area (Å²) in [7, 11) is 0. The highest BCUT2D eigenvalue weighted by Crippen LogP contribution is 2.18. The Balaban J connectivity index is 4.38. The highest BCUT2D eigenvalue weighted by molar-refractivity contribution is 5.71. The van der Waals surface area contributed by atoms with Crippen LogP contribution in [-0.4, -0.2) is 37.2 Å². The smallest absolute Gasteiger partial charge is 0.306 e. The van der Waals surface area contributed by atoms with Crippen molar-refractivity contribution in [2.24, 2.45) is 0 Å². The maximum absolute atomic E-state index is 12.9. The number of carbonyl (C=O) groups excluding carboxylic acids is 3. The summed E-state index contributed by atoms with van der Waals surface area (Å²) in [5.74, 6) is -0.886. The molecule has 426 valence electrons. The van der Waals surface area contributed by atoms with Crippen LogP contribution in [0, 0.1) is 0 Å². The molecular formula is C67H122O6. The Bertz CT molecular complexity index is 1270. The van der Waals surface area contributed by atoms with E-state index in [0.29, 0.717) is 19.3 Å². The molecule has 0 N–H and O–H groups in total. The van der Waals surface area contributed by atoms with E-state index in [1.165, 1.54) is 218 Å². The minimum atomic E-state index is -0.784.